The highest BCUT2D eigenvalue weighted by Crippen LogP contribution is 2.32. The SMILES string of the molecule is Cc1ccc(C(=O)OCc2csc(COc3ccc(F)cc3)n2)c(O)c1O. The average molecular weight is 389 g/mol. The summed E-state index contributed by atoms with van der Waals surface area (Å²) in [5.74, 6) is -1.44. The van der Waals surface area contributed by atoms with Gasteiger partial charge in [0, 0.05) is 5.38 Å². The molecule has 3 aromatic rings. The molecule has 140 valence electrons. The second-order valence-electron chi connectivity index (χ2n) is 5.68. The fourth-order valence-electron chi connectivity index (χ4n) is 2.22. The Kier molecular flexibility index (Phi) is 5.56. The molecule has 8 heteroatoms. The number of phenolic OH excluding ortho intramolecular Hbond substituents is 2. The number of aromatic nitrogens is 1. The van der Waals surface area contributed by atoms with Crippen molar-refractivity contribution >= 4 is 17.3 Å². The number of halogens is 1. The summed E-state index contributed by atoms with van der Waals surface area (Å²) >= 11 is 1.34. The number of benzene rings is 2. The zero-order valence-corrected chi connectivity index (χ0v) is 15.1. The van der Waals surface area contributed by atoms with E-state index in [0.29, 0.717) is 22.0 Å². The molecule has 0 saturated heterocycles. The van der Waals surface area contributed by atoms with Crippen LogP contribution in [-0.4, -0.2) is 21.2 Å². The van der Waals surface area contributed by atoms with Gasteiger partial charge in [0.2, 0.25) is 0 Å². The number of carbonyl (C=O) groups is 1. The minimum atomic E-state index is -0.764. The summed E-state index contributed by atoms with van der Waals surface area (Å²) in [7, 11) is 0. The quantitative estimate of drug-likeness (QED) is 0.490. The lowest BCUT2D eigenvalue weighted by Crippen LogP contribution is -2.06. The summed E-state index contributed by atoms with van der Waals surface area (Å²) in [6.45, 7) is 1.73. The van der Waals surface area contributed by atoms with Crippen LogP contribution in [0.1, 0.15) is 26.6 Å². The predicted molar refractivity (Wildman–Crippen MR) is 96.5 cm³/mol. The number of hydrogen-bond acceptors (Lipinski definition) is 7. The van der Waals surface area contributed by atoms with Crippen molar-refractivity contribution in [2.24, 2.45) is 0 Å². The number of rotatable bonds is 6. The minimum Gasteiger partial charge on any atom is -0.504 e. The molecule has 0 fully saturated rings. The van der Waals surface area contributed by atoms with Gasteiger partial charge in [-0.1, -0.05) is 6.07 Å². The van der Waals surface area contributed by atoms with Crippen LogP contribution in [0.25, 0.3) is 0 Å². The Balaban J connectivity index is 1.55. The van der Waals surface area contributed by atoms with Gasteiger partial charge in [-0.25, -0.2) is 14.2 Å². The fraction of sp³-hybridized carbons (Fsp3) is 0.158. The van der Waals surface area contributed by atoms with Crippen molar-refractivity contribution in [2.75, 3.05) is 0 Å². The fourth-order valence-corrected chi connectivity index (χ4v) is 2.91. The van der Waals surface area contributed by atoms with Crippen LogP contribution >= 0.6 is 11.3 Å². The molecule has 0 saturated carbocycles. The third-order valence-electron chi connectivity index (χ3n) is 3.70. The third-order valence-corrected chi connectivity index (χ3v) is 4.57. The normalized spacial score (nSPS) is 10.6. The van der Waals surface area contributed by atoms with E-state index >= 15 is 0 Å². The van der Waals surface area contributed by atoms with Crippen molar-refractivity contribution in [3.63, 3.8) is 0 Å². The molecule has 1 heterocycles. The number of hydrogen-bond donors (Lipinski definition) is 2. The molecule has 3 rings (SSSR count). The van der Waals surface area contributed by atoms with Crippen LogP contribution in [0.2, 0.25) is 0 Å². The molecular formula is C19H16FNO5S. The Bertz CT molecular complexity index is 955. The maximum atomic E-state index is 12.9. The maximum absolute atomic E-state index is 12.9. The number of aromatic hydroxyl groups is 2. The summed E-state index contributed by atoms with van der Waals surface area (Å²) in [5, 5.41) is 21.9. The van der Waals surface area contributed by atoms with E-state index in [1.54, 1.807) is 12.3 Å². The summed E-state index contributed by atoms with van der Waals surface area (Å²) in [4.78, 5) is 16.4. The Morgan fingerprint density at radius 2 is 1.85 bits per heavy atom. The van der Waals surface area contributed by atoms with E-state index in [2.05, 4.69) is 4.98 Å². The molecule has 6 nitrogen and oxygen atoms in total. The van der Waals surface area contributed by atoms with E-state index in [1.807, 2.05) is 0 Å². The van der Waals surface area contributed by atoms with Crippen LogP contribution in [0, 0.1) is 12.7 Å². The standard InChI is InChI=1S/C19H16FNO5S/c1-11-2-7-15(18(23)17(11)22)19(24)26-8-13-10-27-16(21-13)9-25-14-5-3-12(20)4-6-14/h2-7,10,22-23H,8-9H2,1H3. The highest BCUT2D eigenvalue weighted by molar-refractivity contribution is 7.09. The first-order chi connectivity index (χ1) is 12.9. The summed E-state index contributed by atoms with van der Waals surface area (Å²) < 4.78 is 23.5. The Morgan fingerprint density at radius 3 is 2.59 bits per heavy atom. The van der Waals surface area contributed by atoms with E-state index in [9.17, 15) is 19.4 Å². The topological polar surface area (TPSA) is 88.9 Å². The first kappa shape index (κ1) is 18.7. The van der Waals surface area contributed by atoms with Gasteiger partial charge in [-0.15, -0.1) is 11.3 Å². The van der Waals surface area contributed by atoms with Gasteiger partial charge in [-0.05, 0) is 42.8 Å². The number of carbonyl (C=O) groups excluding carboxylic acids is 1. The zero-order valence-electron chi connectivity index (χ0n) is 14.3. The first-order valence-corrected chi connectivity index (χ1v) is 8.82. The molecule has 1 aromatic heterocycles. The van der Waals surface area contributed by atoms with Crippen molar-refractivity contribution < 1.29 is 28.9 Å². The van der Waals surface area contributed by atoms with Crippen LogP contribution in [0.3, 0.4) is 0 Å². The van der Waals surface area contributed by atoms with Gasteiger partial charge in [-0.2, -0.15) is 0 Å². The van der Waals surface area contributed by atoms with E-state index in [0.717, 1.165) is 0 Å². The number of nitrogens with zero attached hydrogens (tertiary/aromatic N) is 1. The molecule has 0 unspecified atom stereocenters. The summed E-state index contributed by atoms with van der Waals surface area (Å²) in [5.41, 5.74) is 0.865. The predicted octanol–water partition coefficient (Wildman–Crippen LogP) is 3.94. The molecule has 0 aliphatic heterocycles. The molecule has 0 amide bonds. The first-order valence-electron chi connectivity index (χ1n) is 7.94. The van der Waals surface area contributed by atoms with Gasteiger partial charge in [0.05, 0.1) is 5.69 Å². The lowest BCUT2D eigenvalue weighted by atomic mass is 10.1. The second-order valence-corrected chi connectivity index (χ2v) is 6.62. The van der Waals surface area contributed by atoms with Crippen molar-refractivity contribution in [2.45, 2.75) is 20.1 Å². The number of ether oxygens (including phenoxy) is 2. The number of aryl methyl sites for hydroxylation is 1. The van der Waals surface area contributed by atoms with E-state index in [-0.39, 0.29) is 30.3 Å². The van der Waals surface area contributed by atoms with Crippen molar-refractivity contribution in [3.05, 3.63) is 69.4 Å². The smallest absolute Gasteiger partial charge is 0.342 e. The number of phenols is 2. The van der Waals surface area contributed by atoms with Crippen molar-refractivity contribution in [1.82, 2.24) is 4.98 Å². The Morgan fingerprint density at radius 1 is 1.11 bits per heavy atom. The lowest BCUT2D eigenvalue weighted by Gasteiger charge is -2.08. The van der Waals surface area contributed by atoms with Gasteiger partial charge >= 0.3 is 5.97 Å². The molecule has 27 heavy (non-hydrogen) atoms. The van der Waals surface area contributed by atoms with Crippen LogP contribution in [0.4, 0.5) is 4.39 Å². The Hall–Kier alpha value is -3.13. The van der Waals surface area contributed by atoms with E-state index in [1.165, 1.54) is 47.7 Å². The van der Waals surface area contributed by atoms with Gasteiger partial charge in [-0.3, -0.25) is 0 Å². The van der Waals surface area contributed by atoms with E-state index < -0.39 is 11.7 Å². The largest absolute Gasteiger partial charge is 0.504 e. The van der Waals surface area contributed by atoms with Crippen molar-refractivity contribution in [3.8, 4) is 17.2 Å². The second kappa shape index (κ2) is 8.05. The van der Waals surface area contributed by atoms with Crippen LogP contribution < -0.4 is 4.74 Å². The van der Waals surface area contributed by atoms with Gasteiger partial charge in [0.15, 0.2) is 11.5 Å². The zero-order chi connectivity index (χ0) is 19.4. The molecule has 0 spiro atoms. The van der Waals surface area contributed by atoms with Crippen LogP contribution in [0.5, 0.6) is 17.2 Å². The molecule has 0 atom stereocenters. The highest BCUT2D eigenvalue weighted by atomic mass is 32.1. The highest BCUT2D eigenvalue weighted by Gasteiger charge is 2.17. The van der Waals surface area contributed by atoms with E-state index in [4.69, 9.17) is 9.47 Å². The average Bonchev–Trinajstić information content (AvgIpc) is 3.12. The molecular weight excluding hydrogens is 373 g/mol. The Labute approximate surface area is 158 Å². The monoisotopic (exact) mass is 389 g/mol. The lowest BCUT2D eigenvalue weighted by molar-refractivity contribution is 0.0464. The van der Waals surface area contributed by atoms with Crippen LogP contribution in [-0.2, 0) is 18.0 Å². The van der Waals surface area contributed by atoms with Crippen molar-refractivity contribution in [1.29, 1.82) is 0 Å². The molecule has 0 aliphatic carbocycles. The van der Waals surface area contributed by atoms with Gasteiger partial charge in [0.1, 0.15) is 35.4 Å². The number of thiazole rings is 1. The maximum Gasteiger partial charge on any atom is 0.342 e. The van der Waals surface area contributed by atoms with Gasteiger partial charge in [0.25, 0.3) is 0 Å². The minimum absolute atomic E-state index is 0.0834. The molecule has 2 N–H and O–H groups in total. The molecule has 0 radical (unpaired) electrons. The third kappa shape index (κ3) is 4.53. The summed E-state index contributed by atoms with van der Waals surface area (Å²) in [6.07, 6.45) is 0. The molecule has 0 aliphatic rings. The van der Waals surface area contributed by atoms with Gasteiger partial charge < -0.3 is 19.7 Å². The number of esters is 1. The molecule has 0 bridgehead atoms. The summed E-state index contributed by atoms with van der Waals surface area (Å²) in [6, 6.07) is 8.56. The van der Waals surface area contributed by atoms with Crippen LogP contribution in [0.15, 0.2) is 41.8 Å². The molecule has 2 aromatic carbocycles.